The topological polar surface area (TPSA) is 79.5 Å². The molecule has 5 nitrogen and oxygen atoms in total. The Balaban J connectivity index is 2.26. The van der Waals surface area contributed by atoms with Crippen molar-refractivity contribution < 1.29 is 19.1 Å². The van der Waals surface area contributed by atoms with E-state index in [4.69, 9.17) is 9.52 Å². The number of carbonyl (C=O) groups excluding carboxylic acids is 1. The highest BCUT2D eigenvalue weighted by Gasteiger charge is 2.27. The van der Waals surface area contributed by atoms with Crippen LogP contribution in [-0.4, -0.2) is 17.0 Å². The van der Waals surface area contributed by atoms with Crippen LogP contribution in [0.4, 0.5) is 0 Å². The van der Waals surface area contributed by atoms with Crippen LogP contribution in [0.3, 0.4) is 0 Å². The SMILES string of the molecule is Cc1coc(CC(=O)O)c1C(=O)NC(C)(C)c1ccccc1. The summed E-state index contributed by atoms with van der Waals surface area (Å²) < 4.78 is 5.21. The Labute approximate surface area is 129 Å². The molecule has 1 amide bonds. The molecule has 116 valence electrons. The lowest BCUT2D eigenvalue weighted by Crippen LogP contribution is -2.41. The molecule has 0 atom stereocenters. The maximum atomic E-state index is 12.6. The maximum Gasteiger partial charge on any atom is 0.311 e. The van der Waals surface area contributed by atoms with Crippen molar-refractivity contribution in [2.75, 3.05) is 0 Å². The maximum absolute atomic E-state index is 12.6. The van der Waals surface area contributed by atoms with Crippen molar-refractivity contribution in [3.05, 3.63) is 59.0 Å². The molecule has 0 spiro atoms. The lowest BCUT2D eigenvalue weighted by atomic mass is 9.93. The van der Waals surface area contributed by atoms with Gasteiger partial charge < -0.3 is 14.8 Å². The largest absolute Gasteiger partial charge is 0.481 e. The van der Waals surface area contributed by atoms with Gasteiger partial charge in [0.15, 0.2) is 0 Å². The minimum atomic E-state index is -1.04. The fourth-order valence-electron chi connectivity index (χ4n) is 2.34. The monoisotopic (exact) mass is 301 g/mol. The molecule has 2 rings (SSSR count). The minimum Gasteiger partial charge on any atom is -0.481 e. The number of hydrogen-bond donors (Lipinski definition) is 2. The highest BCUT2D eigenvalue weighted by atomic mass is 16.4. The van der Waals surface area contributed by atoms with Gasteiger partial charge in [0, 0.05) is 5.56 Å². The summed E-state index contributed by atoms with van der Waals surface area (Å²) in [4.78, 5) is 23.4. The number of aryl methyl sites for hydroxylation is 1. The van der Waals surface area contributed by atoms with Crippen molar-refractivity contribution in [1.29, 1.82) is 0 Å². The molecule has 0 radical (unpaired) electrons. The first kappa shape index (κ1) is 15.8. The lowest BCUT2D eigenvalue weighted by Gasteiger charge is -2.27. The third-order valence-corrected chi connectivity index (χ3v) is 3.51. The van der Waals surface area contributed by atoms with Crippen LogP contribution in [0.15, 0.2) is 41.0 Å². The zero-order valence-corrected chi connectivity index (χ0v) is 12.8. The van der Waals surface area contributed by atoms with Gasteiger partial charge in [-0.2, -0.15) is 0 Å². The van der Waals surface area contributed by atoms with Crippen molar-refractivity contribution in [2.45, 2.75) is 32.7 Å². The molecule has 0 unspecified atom stereocenters. The quantitative estimate of drug-likeness (QED) is 0.890. The molecule has 0 aliphatic heterocycles. The van der Waals surface area contributed by atoms with Gasteiger partial charge in [0.25, 0.3) is 5.91 Å². The molecule has 0 bridgehead atoms. The van der Waals surface area contributed by atoms with E-state index in [0.717, 1.165) is 5.56 Å². The number of carboxylic acid groups (broad SMARTS) is 1. The van der Waals surface area contributed by atoms with E-state index < -0.39 is 11.5 Å². The average molecular weight is 301 g/mol. The number of rotatable bonds is 5. The second kappa shape index (κ2) is 6.05. The normalized spacial score (nSPS) is 11.2. The molecular formula is C17H19NO4. The van der Waals surface area contributed by atoms with Crippen LogP contribution in [0.2, 0.25) is 0 Å². The number of carboxylic acids is 1. The molecule has 0 fully saturated rings. The summed E-state index contributed by atoms with van der Waals surface area (Å²) in [5, 5.41) is 11.8. The molecule has 2 N–H and O–H groups in total. The summed E-state index contributed by atoms with van der Waals surface area (Å²) in [5.74, 6) is -1.20. The fourth-order valence-corrected chi connectivity index (χ4v) is 2.34. The predicted molar refractivity (Wildman–Crippen MR) is 81.7 cm³/mol. The van der Waals surface area contributed by atoms with Gasteiger partial charge in [-0.05, 0) is 26.3 Å². The summed E-state index contributed by atoms with van der Waals surface area (Å²) in [6.45, 7) is 5.51. The molecular weight excluding hydrogens is 282 g/mol. The number of benzene rings is 1. The highest BCUT2D eigenvalue weighted by Crippen LogP contribution is 2.23. The van der Waals surface area contributed by atoms with Crippen LogP contribution in [-0.2, 0) is 16.8 Å². The first-order valence-corrected chi connectivity index (χ1v) is 6.98. The number of nitrogens with one attached hydrogen (secondary N) is 1. The van der Waals surface area contributed by atoms with Crippen molar-refractivity contribution >= 4 is 11.9 Å². The van der Waals surface area contributed by atoms with Gasteiger partial charge in [0.1, 0.15) is 12.2 Å². The van der Waals surface area contributed by atoms with Crippen molar-refractivity contribution in [3.63, 3.8) is 0 Å². The summed E-state index contributed by atoms with van der Waals surface area (Å²) in [5.41, 5.74) is 1.30. The average Bonchev–Trinajstić information content (AvgIpc) is 2.79. The first-order chi connectivity index (χ1) is 10.3. The smallest absolute Gasteiger partial charge is 0.311 e. The van der Waals surface area contributed by atoms with E-state index in [2.05, 4.69) is 5.32 Å². The Bertz CT molecular complexity index is 686. The lowest BCUT2D eigenvalue weighted by molar-refractivity contribution is -0.136. The van der Waals surface area contributed by atoms with Crippen molar-refractivity contribution in [3.8, 4) is 0 Å². The number of furan rings is 1. The Hall–Kier alpha value is -2.56. The minimum absolute atomic E-state index is 0.173. The van der Waals surface area contributed by atoms with Crippen LogP contribution >= 0.6 is 0 Å². The Kier molecular flexibility index (Phi) is 4.35. The summed E-state index contributed by atoms with van der Waals surface area (Å²) in [7, 11) is 0. The predicted octanol–water partition coefficient (Wildman–Crippen LogP) is 2.88. The molecule has 0 saturated carbocycles. The molecule has 1 aromatic heterocycles. The van der Waals surface area contributed by atoms with Gasteiger partial charge in [-0.1, -0.05) is 30.3 Å². The van der Waals surface area contributed by atoms with Gasteiger partial charge in [-0.3, -0.25) is 9.59 Å². The molecule has 1 heterocycles. The van der Waals surface area contributed by atoms with Gasteiger partial charge >= 0.3 is 5.97 Å². The van der Waals surface area contributed by atoms with E-state index in [9.17, 15) is 9.59 Å². The number of aliphatic carboxylic acids is 1. The molecule has 1 aromatic carbocycles. The molecule has 0 aliphatic carbocycles. The van der Waals surface area contributed by atoms with Crippen LogP contribution in [0, 0.1) is 6.92 Å². The fraction of sp³-hybridized carbons (Fsp3) is 0.294. The molecule has 22 heavy (non-hydrogen) atoms. The van der Waals surface area contributed by atoms with E-state index in [1.54, 1.807) is 6.92 Å². The third-order valence-electron chi connectivity index (χ3n) is 3.51. The number of hydrogen-bond acceptors (Lipinski definition) is 3. The summed E-state index contributed by atoms with van der Waals surface area (Å²) >= 11 is 0. The van der Waals surface area contributed by atoms with E-state index in [1.165, 1.54) is 6.26 Å². The van der Waals surface area contributed by atoms with E-state index >= 15 is 0 Å². The van der Waals surface area contributed by atoms with Gasteiger partial charge in [0.05, 0.1) is 17.4 Å². The standard InChI is InChI=1S/C17H19NO4/c1-11-10-22-13(9-14(19)20)15(11)16(21)18-17(2,3)12-7-5-4-6-8-12/h4-8,10H,9H2,1-3H3,(H,18,21)(H,19,20). The van der Waals surface area contributed by atoms with Gasteiger partial charge in [0.2, 0.25) is 0 Å². The van der Waals surface area contributed by atoms with Gasteiger partial charge in [-0.25, -0.2) is 0 Å². The zero-order valence-electron chi connectivity index (χ0n) is 12.8. The van der Waals surface area contributed by atoms with E-state index in [-0.39, 0.29) is 18.1 Å². The number of carbonyl (C=O) groups is 2. The van der Waals surface area contributed by atoms with Crippen molar-refractivity contribution in [2.24, 2.45) is 0 Å². The molecule has 2 aromatic rings. The van der Waals surface area contributed by atoms with Crippen LogP contribution in [0.5, 0.6) is 0 Å². The van der Waals surface area contributed by atoms with Crippen LogP contribution < -0.4 is 5.32 Å². The Morgan fingerprint density at radius 2 is 1.86 bits per heavy atom. The first-order valence-electron chi connectivity index (χ1n) is 6.98. The summed E-state index contributed by atoms with van der Waals surface area (Å²) in [6.07, 6.45) is 1.09. The highest BCUT2D eigenvalue weighted by molar-refractivity contribution is 5.97. The zero-order chi connectivity index (χ0) is 16.3. The van der Waals surface area contributed by atoms with E-state index in [1.807, 2.05) is 44.2 Å². The van der Waals surface area contributed by atoms with E-state index in [0.29, 0.717) is 11.1 Å². The Morgan fingerprint density at radius 1 is 1.23 bits per heavy atom. The Morgan fingerprint density at radius 3 is 2.45 bits per heavy atom. The van der Waals surface area contributed by atoms with Crippen molar-refractivity contribution in [1.82, 2.24) is 5.32 Å². The second-order valence-corrected chi connectivity index (χ2v) is 5.73. The number of amides is 1. The molecule has 0 saturated heterocycles. The summed E-state index contributed by atoms with van der Waals surface area (Å²) in [6, 6.07) is 9.58. The second-order valence-electron chi connectivity index (χ2n) is 5.73. The third kappa shape index (κ3) is 3.36. The van der Waals surface area contributed by atoms with Crippen LogP contribution in [0.1, 0.15) is 41.1 Å². The molecule has 5 heteroatoms. The molecule has 0 aliphatic rings. The van der Waals surface area contributed by atoms with Crippen LogP contribution in [0.25, 0.3) is 0 Å². The van der Waals surface area contributed by atoms with Gasteiger partial charge in [-0.15, -0.1) is 0 Å².